The summed E-state index contributed by atoms with van der Waals surface area (Å²) < 4.78 is 2.95. The van der Waals surface area contributed by atoms with Gasteiger partial charge in [0.15, 0.2) is 0 Å². The molecule has 0 saturated carbocycles. The van der Waals surface area contributed by atoms with E-state index in [-0.39, 0.29) is 35.0 Å². The lowest BCUT2D eigenvalue weighted by molar-refractivity contribution is -0.0755. The summed E-state index contributed by atoms with van der Waals surface area (Å²) in [6.07, 6.45) is 0. The van der Waals surface area contributed by atoms with E-state index in [1.54, 1.807) is 58.6 Å². The molecule has 11 nitrogen and oxygen atoms in total. The van der Waals surface area contributed by atoms with Gasteiger partial charge in [0.25, 0.3) is 17.0 Å². The fourth-order valence-electron chi connectivity index (χ4n) is 3.43. The number of halogens is 1. The summed E-state index contributed by atoms with van der Waals surface area (Å²) in [5.74, 6) is -1.42. The minimum Gasteiger partial charge on any atom is -0.478 e. The van der Waals surface area contributed by atoms with Gasteiger partial charge in [0.1, 0.15) is 0 Å². The number of pyridine rings is 2. The van der Waals surface area contributed by atoms with Gasteiger partial charge in [0, 0.05) is 51.1 Å². The molecular formula is C26H31ClN4O7. The molecule has 4 rings (SSSR count). The van der Waals surface area contributed by atoms with Gasteiger partial charge in [-0.2, -0.15) is 0 Å². The summed E-state index contributed by atoms with van der Waals surface area (Å²) in [7, 11) is 9.49. The number of carboxylic acids is 1. The van der Waals surface area contributed by atoms with Crippen LogP contribution in [0.3, 0.4) is 0 Å². The number of aromatic nitrogens is 2. The molecule has 2 heterocycles. The number of benzene rings is 2. The molecule has 0 bridgehead atoms. The first-order valence-corrected chi connectivity index (χ1v) is 11.0. The molecule has 1 amide bonds. The third kappa shape index (κ3) is 7.26. The molecule has 0 radical (unpaired) electrons. The van der Waals surface area contributed by atoms with Crippen molar-refractivity contribution in [2.45, 2.75) is 0 Å². The van der Waals surface area contributed by atoms with Crippen molar-refractivity contribution in [1.82, 2.24) is 19.7 Å². The molecule has 12 heteroatoms. The average molecular weight is 547 g/mol. The highest BCUT2D eigenvalue weighted by atomic mass is 35.5. The molecule has 38 heavy (non-hydrogen) atoms. The molecule has 0 unspecified atom stereocenters. The summed E-state index contributed by atoms with van der Waals surface area (Å²) >= 11 is 0. The highest BCUT2D eigenvalue weighted by molar-refractivity contribution is 6.05. The minimum atomic E-state index is -1.08. The fraction of sp³-hybridized carbons (Fsp3) is 0.231. The number of nitrogens with one attached hydrogen (secondary N) is 1. The van der Waals surface area contributed by atoms with Gasteiger partial charge in [-0.15, -0.1) is 12.4 Å². The molecule has 2 aromatic carbocycles. The Kier molecular flexibility index (Phi) is 12.3. The first-order chi connectivity index (χ1) is 17.6. The second-order valence-electron chi connectivity index (χ2n) is 7.64. The van der Waals surface area contributed by atoms with Crippen molar-refractivity contribution in [2.24, 2.45) is 14.1 Å². The Bertz CT molecular complexity index is 1530. The largest absolute Gasteiger partial charge is 0.478 e. The van der Waals surface area contributed by atoms with Crippen LogP contribution in [0.2, 0.25) is 0 Å². The van der Waals surface area contributed by atoms with Crippen molar-refractivity contribution in [1.29, 1.82) is 0 Å². The predicted octanol–water partition coefficient (Wildman–Crippen LogP) is 2.60. The summed E-state index contributed by atoms with van der Waals surface area (Å²) in [5.41, 5.74) is 3.64. The number of fused-ring (bicyclic) bond motifs is 2. The van der Waals surface area contributed by atoms with Crippen LogP contribution < -0.4 is 16.6 Å². The second-order valence-corrected chi connectivity index (χ2v) is 7.64. The van der Waals surface area contributed by atoms with E-state index in [0.29, 0.717) is 16.5 Å². The van der Waals surface area contributed by atoms with Crippen LogP contribution in [-0.2, 0) is 23.8 Å². The Labute approximate surface area is 225 Å². The molecule has 4 aromatic rings. The van der Waals surface area contributed by atoms with Crippen LogP contribution in [0.4, 0.5) is 0 Å². The molecule has 0 atom stereocenters. The van der Waals surface area contributed by atoms with Crippen LogP contribution in [-0.4, -0.2) is 59.5 Å². The third-order valence-electron chi connectivity index (χ3n) is 5.53. The summed E-state index contributed by atoms with van der Waals surface area (Å²) in [6.45, 7) is 0. The Balaban J connectivity index is 0.000000329. The maximum Gasteiger partial charge on any atom is 0.336 e. The van der Waals surface area contributed by atoms with Crippen LogP contribution in [0, 0.1) is 0 Å². The highest BCUT2D eigenvalue weighted by Gasteiger charge is 2.17. The van der Waals surface area contributed by atoms with Gasteiger partial charge in [-0.25, -0.2) is 15.3 Å². The van der Waals surface area contributed by atoms with Crippen LogP contribution in [0.15, 0.2) is 70.3 Å². The Morgan fingerprint density at radius 3 is 1.63 bits per heavy atom. The zero-order valence-corrected chi connectivity index (χ0v) is 22.7. The summed E-state index contributed by atoms with van der Waals surface area (Å²) in [5, 5.41) is 11.4. The lowest BCUT2D eigenvalue weighted by Crippen LogP contribution is -2.28. The van der Waals surface area contributed by atoms with Gasteiger partial charge in [-0.3, -0.25) is 19.2 Å². The molecule has 204 valence electrons. The maximum atomic E-state index is 12.1. The zero-order valence-electron chi connectivity index (χ0n) is 21.9. The zero-order chi connectivity index (χ0) is 27.7. The monoisotopic (exact) mass is 546 g/mol. The highest BCUT2D eigenvalue weighted by Crippen LogP contribution is 2.18. The molecule has 0 spiro atoms. The van der Waals surface area contributed by atoms with Gasteiger partial charge < -0.3 is 19.1 Å². The second kappa shape index (κ2) is 14.6. The first kappa shape index (κ1) is 32.0. The van der Waals surface area contributed by atoms with Crippen LogP contribution >= 0.6 is 12.4 Å². The summed E-state index contributed by atoms with van der Waals surface area (Å²) in [4.78, 5) is 55.5. The van der Waals surface area contributed by atoms with Gasteiger partial charge in [0.2, 0.25) is 0 Å². The number of aryl methyl sites for hydroxylation is 2. The van der Waals surface area contributed by atoms with Crippen molar-refractivity contribution in [2.75, 3.05) is 28.3 Å². The number of hydrogen-bond acceptors (Lipinski definition) is 7. The van der Waals surface area contributed by atoms with E-state index in [1.807, 2.05) is 18.2 Å². The quantitative estimate of drug-likeness (QED) is 0.373. The first-order valence-electron chi connectivity index (χ1n) is 11.0. The van der Waals surface area contributed by atoms with Crippen LogP contribution in [0.5, 0.6) is 0 Å². The Morgan fingerprint density at radius 1 is 0.842 bits per heavy atom. The normalized spacial score (nSPS) is 9.95. The summed E-state index contributed by atoms with van der Waals surface area (Å²) in [6, 6.07) is 16.7. The predicted molar refractivity (Wildman–Crippen MR) is 148 cm³/mol. The Morgan fingerprint density at radius 2 is 1.24 bits per heavy atom. The van der Waals surface area contributed by atoms with Crippen LogP contribution in [0.25, 0.3) is 21.8 Å². The number of nitrogens with zero attached hydrogens (tertiary/aromatic N) is 3. The van der Waals surface area contributed by atoms with Gasteiger partial charge in [0.05, 0.1) is 36.4 Å². The van der Waals surface area contributed by atoms with E-state index in [0.717, 1.165) is 22.0 Å². The number of hydroxylamine groups is 3. The van der Waals surface area contributed by atoms with E-state index >= 15 is 0 Å². The van der Waals surface area contributed by atoms with Gasteiger partial charge in [-0.1, -0.05) is 36.4 Å². The molecule has 2 N–H and O–H groups in total. The molecule has 0 saturated heterocycles. The van der Waals surface area contributed by atoms with Crippen molar-refractivity contribution in [3.05, 3.63) is 92.5 Å². The van der Waals surface area contributed by atoms with E-state index in [1.165, 1.54) is 29.4 Å². The van der Waals surface area contributed by atoms with Crippen molar-refractivity contribution < 1.29 is 24.4 Å². The molecule has 0 aliphatic rings. The number of aromatic carboxylic acids is 1. The van der Waals surface area contributed by atoms with E-state index < -0.39 is 5.97 Å². The van der Waals surface area contributed by atoms with Crippen molar-refractivity contribution in [3.8, 4) is 0 Å². The lowest BCUT2D eigenvalue weighted by atomic mass is 10.1. The van der Waals surface area contributed by atoms with E-state index in [2.05, 4.69) is 10.3 Å². The SMILES string of the molecule is CNOC.CON(C)C(=O)c1cc(=O)n(C)c2ccccc12.Cl.Cn1c(=O)cc(C(=O)O)c2ccccc21. The lowest BCUT2D eigenvalue weighted by Gasteiger charge is -2.15. The standard InChI is InChI=1S/C13H14N2O3.C11H9NO3.C2H7NO.ClH/c1-14-11-7-5-4-6-9(11)10(8-12(14)16)13(17)15(2)18-3;1-12-9-5-3-2-4-7(9)8(11(14)15)6-10(12)13;1-3-4-2;/h4-8H,1-3H3;2-6H,1H3,(H,14,15);3H,1-2H3;1H. The molecule has 0 fully saturated rings. The Hall–Kier alpha value is -4.03. The van der Waals surface area contributed by atoms with Crippen molar-refractivity contribution in [3.63, 3.8) is 0 Å². The van der Waals surface area contributed by atoms with Gasteiger partial charge >= 0.3 is 5.97 Å². The van der Waals surface area contributed by atoms with Gasteiger partial charge in [-0.05, 0) is 12.1 Å². The number of para-hydroxylation sites is 2. The van der Waals surface area contributed by atoms with Crippen molar-refractivity contribution >= 4 is 46.1 Å². The topological polar surface area (TPSA) is 132 Å². The number of rotatable bonds is 4. The molecular weight excluding hydrogens is 516 g/mol. The molecule has 2 aromatic heterocycles. The third-order valence-corrected chi connectivity index (χ3v) is 5.53. The smallest absolute Gasteiger partial charge is 0.336 e. The van der Waals surface area contributed by atoms with E-state index in [4.69, 9.17) is 9.94 Å². The molecule has 0 aliphatic carbocycles. The van der Waals surface area contributed by atoms with E-state index in [9.17, 15) is 19.2 Å². The number of amides is 1. The minimum absolute atomic E-state index is 0. The number of hydrogen-bond donors (Lipinski definition) is 2. The number of carbonyl (C=O) groups excluding carboxylic acids is 1. The number of carbonyl (C=O) groups is 2. The molecule has 0 aliphatic heterocycles. The fourth-order valence-corrected chi connectivity index (χ4v) is 3.43. The maximum absolute atomic E-state index is 12.1. The van der Waals surface area contributed by atoms with Crippen LogP contribution in [0.1, 0.15) is 20.7 Å². The number of carboxylic acid groups (broad SMARTS) is 1. The average Bonchev–Trinajstić information content (AvgIpc) is 2.92.